The van der Waals surface area contributed by atoms with Gasteiger partial charge in [0.25, 0.3) is 5.91 Å². The van der Waals surface area contributed by atoms with Crippen LogP contribution in [-0.4, -0.2) is 37.1 Å². The summed E-state index contributed by atoms with van der Waals surface area (Å²) in [6.45, 7) is 1.53. The average molecular weight is 412 g/mol. The number of allylic oxidation sites excluding steroid dienone is 8. The van der Waals surface area contributed by atoms with Gasteiger partial charge in [-0.15, -0.1) is 0 Å². The number of hydrogen-bond donors (Lipinski definition) is 2. The maximum absolute atomic E-state index is 12.7. The van der Waals surface area contributed by atoms with Gasteiger partial charge in [-0.2, -0.15) is 0 Å². The number of hydrogen-bond acceptors (Lipinski definition) is 3. The van der Waals surface area contributed by atoms with Gasteiger partial charge in [0.1, 0.15) is 0 Å². The predicted octanol–water partition coefficient (Wildman–Crippen LogP) is 3.47. The lowest BCUT2D eigenvalue weighted by Gasteiger charge is -2.32. The van der Waals surface area contributed by atoms with Crippen molar-refractivity contribution >= 4 is 19.2 Å². The van der Waals surface area contributed by atoms with Crippen LogP contribution in [0.25, 0.3) is 0 Å². The Kier molecular flexibility index (Phi) is 8.89. The molecule has 6 heteroatoms. The highest BCUT2D eigenvalue weighted by atomic mass is 16.2. The quantitative estimate of drug-likeness (QED) is 0.588. The summed E-state index contributed by atoms with van der Waals surface area (Å²) < 4.78 is 0. The largest absolute Gasteiger partial charge is 0.342 e. The number of carbonyl (C=O) groups excluding carboxylic acids is 2. The molecule has 1 aliphatic carbocycles. The van der Waals surface area contributed by atoms with Crippen LogP contribution in [0.15, 0.2) is 103 Å². The van der Waals surface area contributed by atoms with Crippen molar-refractivity contribution in [2.24, 2.45) is 5.92 Å². The van der Waals surface area contributed by atoms with Gasteiger partial charge < -0.3 is 4.81 Å². The van der Waals surface area contributed by atoms with E-state index in [2.05, 4.69) is 23.1 Å². The van der Waals surface area contributed by atoms with Crippen molar-refractivity contribution in [1.29, 1.82) is 0 Å². The first kappa shape index (κ1) is 22.3. The summed E-state index contributed by atoms with van der Waals surface area (Å²) in [5.74, 6) is -0.698. The molecule has 1 radical (unpaired) electrons. The first-order chi connectivity index (χ1) is 15.2. The number of nitrogens with one attached hydrogen (secondary N) is 2. The average Bonchev–Trinajstić information content (AvgIpc) is 2.77. The molecular formula is C25H27BN3O2. The van der Waals surface area contributed by atoms with E-state index in [0.717, 1.165) is 24.9 Å². The highest BCUT2D eigenvalue weighted by Gasteiger charge is 2.26. The molecule has 1 saturated heterocycles. The highest BCUT2D eigenvalue weighted by Crippen LogP contribution is 2.17. The van der Waals surface area contributed by atoms with Gasteiger partial charge in [-0.25, -0.2) is 0 Å². The number of rotatable bonds is 4. The molecule has 2 aliphatic rings. The molecule has 5 nitrogen and oxygen atoms in total. The van der Waals surface area contributed by atoms with Crippen LogP contribution in [0, 0.1) is 5.92 Å². The van der Waals surface area contributed by atoms with Crippen LogP contribution in [0.2, 0.25) is 0 Å². The third-order valence-corrected chi connectivity index (χ3v) is 4.96. The van der Waals surface area contributed by atoms with Crippen molar-refractivity contribution < 1.29 is 9.59 Å². The van der Waals surface area contributed by atoms with Crippen LogP contribution in [-0.2, 0) is 4.79 Å². The van der Waals surface area contributed by atoms with E-state index in [1.165, 1.54) is 0 Å². The second-order valence-corrected chi connectivity index (χ2v) is 7.34. The van der Waals surface area contributed by atoms with E-state index in [-0.39, 0.29) is 17.7 Å². The minimum absolute atomic E-state index is 0.167. The van der Waals surface area contributed by atoms with Gasteiger partial charge in [0.15, 0.2) is 0 Å². The van der Waals surface area contributed by atoms with Crippen LogP contribution >= 0.6 is 0 Å². The Balaban J connectivity index is 1.54. The zero-order valence-corrected chi connectivity index (χ0v) is 17.5. The van der Waals surface area contributed by atoms with E-state index in [1.54, 1.807) is 24.3 Å². The van der Waals surface area contributed by atoms with E-state index >= 15 is 0 Å². The van der Waals surface area contributed by atoms with E-state index in [9.17, 15) is 9.59 Å². The summed E-state index contributed by atoms with van der Waals surface area (Å²) in [6, 6.07) is 16.3. The standard InChI is InChI=1S/C25H27BN3O2/c30-24(21-14-9-5-2-1-3-6-10-15-21)27-28-25(31)22-16-13-19-29(20-22)26-23-17-11-7-4-8-12-18-23/h1-12,14-15,17-18,22H,13,16,19-20H2,(H,27,30)(H,28,31). The smallest absolute Gasteiger partial charge is 0.269 e. The minimum Gasteiger partial charge on any atom is -0.342 e. The SMILES string of the molecule is O=C(NNC(=O)C1CCCN([B]C2=CC=CC=CC=C2)C1)c1ccccccccc1. The molecule has 1 fully saturated rings. The molecular weight excluding hydrogens is 385 g/mol. The van der Waals surface area contributed by atoms with Gasteiger partial charge in [-0.1, -0.05) is 90.5 Å². The number of carbonyl (C=O) groups is 2. The second kappa shape index (κ2) is 12.3. The molecule has 1 aromatic carbocycles. The Morgan fingerprint density at radius 1 is 0.871 bits per heavy atom. The van der Waals surface area contributed by atoms with Crippen molar-refractivity contribution in [3.8, 4) is 0 Å². The summed E-state index contributed by atoms with van der Waals surface area (Å²) in [7, 11) is 2.09. The molecule has 0 saturated carbocycles. The van der Waals surface area contributed by atoms with Crippen LogP contribution in [0.3, 0.4) is 0 Å². The number of amides is 2. The van der Waals surface area contributed by atoms with E-state index in [4.69, 9.17) is 0 Å². The van der Waals surface area contributed by atoms with Gasteiger partial charge in [-0.05, 0) is 38.1 Å². The highest BCUT2D eigenvalue weighted by molar-refractivity contribution is 6.43. The van der Waals surface area contributed by atoms with Crippen LogP contribution in [0.1, 0.15) is 23.2 Å². The third-order valence-electron chi connectivity index (χ3n) is 4.96. The lowest BCUT2D eigenvalue weighted by atomic mass is 9.76. The van der Waals surface area contributed by atoms with Crippen LogP contribution < -0.4 is 10.9 Å². The Bertz CT molecular complexity index is 926. The minimum atomic E-state index is -0.351. The zero-order chi connectivity index (χ0) is 21.7. The van der Waals surface area contributed by atoms with Crippen molar-refractivity contribution in [3.63, 3.8) is 0 Å². The topological polar surface area (TPSA) is 61.4 Å². The van der Waals surface area contributed by atoms with Crippen LogP contribution in [0.5, 0.6) is 0 Å². The summed E-state index contributed by atoms with van der Waals surface area (Å²) >= 11 is 0. The van der Waals surface area contributed by atoms with Crippen LogP contribution in [0.4, 0.5) is 0 Å². The summed E-state index contributed by atoms with van der Waals surface area (Å²) in [4.78, 5) is 27.3. The normalized spacial score (nSPS) is 18.1. The Labute approximate surface area is 184 Å². The molecule has 2 N–H and O–H groups in total. The van der Waals surface area contributed by atoms with Gasteiger partial charge >= 0.3 is 0 Å². The van der Waals surface area contributed by atoms with Gasteiger partial charge in [0.05, 0.1) is 5.92 Å². The molecule has 1 unspecified atom stereocenters. The van der Waals surface area contributed by atoms with E-state index in [0.29, 0.717) is 12.1 Å². The number of nitrogens with zero attached hydrogens (tertiary/aromatic N) is 1. The van der Waals surface area contributed by atoms with Gasteiger partial charge in [0.2, 0.25) is 13.3 Å². The van der Waals surface area contributed by atoms with E-state index < -0.39 is 0 Å². The molecule has 1 aromatic rings. The molecule has 0 bridgehead atoms. The Hall–Kier alpha value is -3.38. The molecule has 1 atom stereocenters. The second-order valence-electron chi connectivity index (χ2n) is 7.34. The third kappa shape index (κ3) is 7.76. The maximum atomic E-state index is 12.7. The molecule has 3 rings (SSSR count). The fourth-order valence-corrected chi connectivity index (χ4v) is 3.35. The number of hydrazine groups is 1. The Morgan fingerprint density at radius 2 is 1.55 bits per heavy atom. The predicted molar refractivity (Wildman–Crippen MR) is 125 cm³/mol. The molecule has 0 aromatic heterocycles. The molecule has 31 heavy (non-hydrogen) atoms. The molecule has 1 heterocycles. The van der Waals surface area contributed by atoms with Gasteiger partial charge in [0, 0.05) is 5.56 Å². The molecule has 2 amide bonds. The van der Waals surface area contributed by atoms with E-state index in [1.807, 2.05) is 72.9 Å². The van der Waals surface area contributed by atoms with Crippen molar-refractivity contribution in [2.75, 3.05) is 13.1 Å². The fourth-order valence-electron chi connectivity index (χ4n) is 3.35. The first-order valence-corrected chi connectivity index (χ1v) is 10.5. The van der Waals surface area contributed by atoms with Crippen molar-refractivity contribution in [3.05, 3.63) is 108 Å². The molecule has 157 valence electrons. The van der Waals surface area contributed by atoms with Crippen molar-refractivity contribution in [1.82, 2.24) is 15.7 Å². The lowest BCUT2D eigenvalue weighted by Crippen LogP contribution is -2.49. The lowest BCUT2D eigenvalue weighted by molar-refractivity contribution is -0.126. The first-order valence-electron chi connectivity index (χ1n) is 10.5. The monoisotopic (exact) mass is 412 g/mol. The van der Waals surface area contributed by atoms with Crippen molar-refractivity contribution in [2.45, 2.75) is 12.8 Å². The number of piperidine rings is 1. The summed E-state index contributed by atoms with van der Waals surface area (Å²) in [5.41, 5.74) is 6.68. The van der Waals surface area contributed by atoms with Gasteiger partial charge in [-0.3, -0.25) is 20.4 Å². The zero-order valence-electron chi connectivity index (χ0n) is 17.5. The summed E-state index contributed by atoms with van der Waals surface area (Å²) in [5, 5.41) is 0. The Morgan fingerprint density at radius 3 is 2.32 bits per heavy atom. The molecule has 1 aliphatic heterocycles. The summed E-state index contributed by atoms with van der Waals surface area (Å²) in [6.07, 6.45) is 15.8. The molecule has 0 spiro atoms. The fraction of sp³-hybridized carbons (Fsp3) is 0.200. The maximum Gasteiger partial charge on any atom is 0.269 e.